The van der Waals surface area contributed by atoms with E-state index in [1.807, 2.05) is 0 Å². The van der Waals surface area contributed by atoms with Gasteiger partial charge in [-0.2, -0.15) is 0 Å². The summed E-state index contributed by atoms with van der Waals surface area (Å²) in [5.41, 5.74) is 1.00. The first-order chi connectivity index (χ1) is 13.9. The zero-order valence-electron chi connectivity index (χ0n) is 18.5. The Labute approximate surface area is 186 Å². The van der Waals surface area contributed by atoms with Crippen LogP contribution in [0, 0.1) is 34.5 Å². The Hall–Kier alpha value is -0.940. The second kappa shape index (κ2) is 8.20. The van der Waals surface area contributed by atoms with Crippen LogP contribution >= 0.6 is 12.4 Å². The molecule has 0 aromatic heterocycles. The highest BCUT2D eigenvalue weighted by atomic mass is 35.5. The molecule has 5 nitrogen and oxygen atoms in total. The van der Waals surface area contributed by atoms with Gasteiger partial charge in [-0.3, -0.25) is 9.59 Å². The van der Waals surface area contributed by atoms with Crippen molar-refractivity contribution in [3.05, 3.63) is 0 Å². The first-order valence-corrected chi connectivity index (χ1v) is 11.9. The van der Waals surface area contributed by atoms with Crippen molar-refractivity contribution in [1.29, 1.82) is 0 Å². The van der Waals surface area contributed by atoms with Crippen molar-refractivity contribution in [2.45, 2.75) is 84.2 Å². The summed E-state index contributed by atoms with van der Waals surface area (Å²) in [4.78, 5) is 31.8. The summed E-state index contributed by atoms with van der Waals surface area (Å²) < 4.78 is 0. The molecular formula is C24H37ClN2O3. The van der Waals surface area contributed by atoms with Gasteiger partial charge in [-0.15, -0.1) is 12.4 Å². The SMILES string of the molecule is C[C@]12CCC(=NOC3CCNCC3)CC1C(=O)C[C@@H]1[C@@H]2CC[C@]2(C)C(=O)CC[C@@H]12.Cl. The maximum atomic E-state index is 13.3. The summed E-state index contributed by atoms with van der Waals surface area (Å²) in [6.07, 6.45) is 9.57. The maximum absolute atomic E-state index is 13.3. The molecule has 4 aliphatic carbocycles. The van der Waals surface area contributed by atoms with Gasteiger partial charge in [0.25, 0.3) is 0 Å². The molecule has 168 valence electrons. The highest BCUT2D eigenvalue weighted by Gasteiger charge is 2.62. The molecule has 1 aliphatic heterocycles. The van der Waals surface area contributed by atoms with Gasteiger partial charge in [0.15, 0.2) is 0 Å². The van der Waals surface area contributed by atoms with E-state index in [9.17, 15) is 9.59 Å². The van der Waals surface area contributed by atoms with E-state index in [0.29, 0.717) is 35.7 Å². The molecule has 1 saturated heterocycles. The van der Waals surface area contributed by atoms with E-state index >= 15 is 0 Å². The lowest BCUT2D eigenvalue weighted by Gasteiger charge is -2.58. The van der Waals surface area contributed by atoms with E-state index < -0.39 is 0 Å². The molecule has 1 heterocycles. The number of ketones is 2. The van der Waals surface area contributed by atoms with Crippen LogP contribution in [0.2, 0.25) is 0 Å². The lowest BCUT2D eigenvalue weighted by Crippen LogP contribution is -2.56. The molecule has 1 unspecified atom stereocenters. The maximum Gasteiger partial charge on any atom is 0.139 e. The van der Waals surface area contributed by atoms with Gasteiger partial charge in [0.05, 0.1) is 5.71 Å². The van der Waals surface area contributed by atoms with Crippen molar-refractivity contribution in [2.75, 3.05) is 13.1 Å². The first kappa shape index (κ1) is 22.3. The number of carbonyl (C=O) groups is 2. The standard InChI is InChI=1S/C24H36N2O3.ClH/c1-23-9-5-15(26-29-16-7-11-25-12-8-16)13-20(23)21(27)14-17-18-3-4-22(28)24(18,2)10-6-19(17)23;/h16-20,25H,3-14H2,1-2H3;1H/t17-,18-,19-,20?,23+,24-;/m0./s1. The smallest absolute Gasteiger partial charge is 0.139 e. The minimum atomic E-state index is -0.158. The molecule has 0 spiro atoms. The quantitative estimate of drug-likeness (QED) is 0.654. The molecule has 0 aromatic carbocycles. The van der Waals surface area contributed by atoms with Crippen LogP contribution in [-0.4, -0.2) is 36.5 Å². The van der Waals surface area contributed by atoms with Crippen LogP contribution < -0.4 is 5.32 Å². The summed E-state index contributed by atoms with van der Waals surface area (Å²) in [6.45, 7) is 6.56. The molecule has 6 heteroatoms. The van der Waals surface area contributed by atoms with Crippen molar-refractivity contribution < 1.29 is 14.4 Å². The zero-order chi connectivity index (χ0) is 20.2. The molecule has 5 fully saturated rings. The van der Waals surface area contributed by atoms with Crippen LogP contribution in [-0.2, 0) is 14.4 Å². The number of Topliss-reactive ketones (excluding diaryl/α,β-unsaturated/α-hetero) is 2. The number of nitrogens with one attached hydrogen (secondary N) is 1. The second-order valence-corrected chi connectivity index (χ2v) is 10.9. The Balaban J connectivity index is 0.00000218. The van der Waals surface area contributed by atoms with Gasteiger partial charge in [0, 0.05) is 24.2 Å². The van der Waals surface area contributed by atoms with Crippen molar-refractivity contribution in [3.63, 3.8) is 0 Å². The summed E-state index contributed by atoms with van der Waals surface area (Å²) in [7, 11) is 0. The highest BCUT2D eigenvalue weighted by Crippen LogP contribution is 2.64. The summed E-state index contributed by atoms with van der Waals surface area (Å²) in [6, 6.07) is 0. The summed E-state index contributed by atoms with van der Waals surface area (Å²) in [5, 5.41) is 7.89. The van der Waals surface area contributed by atoms with E-state index in [4.69, 9.17) is 4.84 Å². The van der Waals surface area contributed by atoms with Crippen LogP contribution in [0.25, 0.3) is 0 Å². The fourth-order valence-corrected chi connectivity index (χ4v) is 7.75. The highest BCUT2D eigenvalue weighted by molar-refractivity contribution is 5.93. The van der Waals surface area contributed by atoms with E-state index in [1.165, 1.54) is 0 Å². The van der Waals surface area contributed by atoms with Gasteiger partial charge < -0.3 is 10.2 Å². The third kappa shape index (κ3) is 3.44. The molecule has 5 rings (SSSR count). The van der Waals surface area contributed by atoms with Crippen LogP contribution in [0.4, 0.5) is 0 Å². The number of fused-ring (bicyclic) bond motifs is 5. The van der Waals surface area contributed by atoms with Gasteiger partial charge in [-0.05, 0) is 87.6 Å². The van der Waals surface area contributed by atoms with Crippen LogP contribution in [0.15, 0.2) is 5.16 Å². The normalized spacial score (nSPS) is 45.3. The third-order valence-corrected chi connectivity index (χ3v) is 9.62. The van der Waals surface area contributed by atoms with Gasteiger partial charge in [-0.1, -0.05) is 19.0 Å². The van der Waals surface area contributed by atoms with Gasteiger partial charge >= 0.3 is 0 Å². The van der Waals surface area contributed by atoms with E-state index in [-0.39, 0.29) is 35.3 Å². The number of piperidine rings is 1. The van der Waals surface area contributed by atoms with Crippen LogP contribution in [0.1, 0.15) is 78.1 Å². The number of rotatable bonds is 2. The molecule has 6 atom stereocenters. The molecule has 5 aliphatic rings. The lowest BCUT2D eigenvalue weighted by molar-refractivity contribution is -0.152. The zero-order valence-corrected chi connectivity index (χ0v) is 19.3. The fourth-order valence-electron chi connectivity index (χ4n) is 7.75. The number of carbonyl (C=O) groups excluding carboxylic acids is 2. The second-order valence-electron chi connectivity index (χ2n) is 10.9. The number of halogens is 1. The number of hydrogen-bond acceptors (Lipinski definition) is 5. The Kier molecular flexibility index (Phi) is 6.08. The summed E-state index contributed by atoms with van der Waals surface area (Å²) >= 11 is 0. The van der Waals surface area contributed by atoms with Crippen molar-refractivity contribution in [2.24, 2.45) is 39.7 Å². The molecule has 4 saturated carbocycles. The van der Waals surface area contributed by atoms with E-state index in [2.05, 4.69) is 24.3 Å². The number of oxime groups is 1. The molecule has 0 radical (unpaired) electrons. The van der Waals surface area contributed by atoms with E-state index in [1.54, 1.807) is 0 Å². The molecule has 0 amide bonds. The average molecular weight is 437 g/mol. The minimum absolute atomic E-state index is 0. The first-order valence-electron chi connectivity index (χ1n) is 11.9. The number of nitrogens with zero attached hydrogens (tertiary/aromatic N) is 1. The number of hydrogen-bond donors (Lipinski definition) is 1. The predicted molar refractivity (Wildman–Crippen MR) is 119 cm³/mol. The molecule has 1 N–H and O–H groups in total. The van der Waals surface area contributed by atoms with Gasteiger partial charge in [0.1, 0.15) is 17.7 Å². The Morgan fingerprint density at radius 3 is 2.50 bits per heavy atom. The fraction of sp³-hybridized carbons (Fsp3) is 0.875. The van der Waals surface area contributed by atoms with E-state index in [0.717, 1.165) is 76.6 Å². The average Bonchev–Trinajstić information content (AvgIpc) is 3.03. The molecule has 0 aromatic rings. The Bertz CT molecular complexity index is 734. The molecular weight excluding hydrogens is 400 g/mol. The van der Waals surface area contributed by atoms with Gasteiger partial charge in [0.2, 0.25) is 0 Å². The molecule has 30 heavy (non-hydrogen) atoms. The molecule has 0 bridgehead atoms. The minimum Gasteiger partial charge on any atom is -0.392 e. The van der Waals surface area contributed by atoms with Crippen molar-refractivity contribution in [3.8, 4) is 0 Å². The van der Waals surface area contributed by atoms with Crippen LogP contribution in [0.3, 0.4) is 0 Å². The lowest BCUT2D eigenvalue weighted by atomic mass is 9.45. The van der Waals surface area contributed by atoms with Crippen molar-refractivity contribution in [1.82, 2.24) is 5.32 Å². The predicted octanol–water partition coefficient (Wildman–Crippen LogP) is 4.32. The van der Waals surface area contributed by atoms with Crippen LogP contribution in [0.5, 0.6) is 0 Å². The topological polar surface area (TPSA) is 67.8 Å². The summed E-state index contributed by atoms with van der Waals surface area (Å²) in [5.74, 6) is 2.39. The van der Waals surface area contributed by atoms with Crippen molar-refractivity contribution >= 4 is 29.7 Å². The Morgan fingerprint density at radius 2 is 1.73 bits per heavy atom. The van der Waals surface area contributed by atoms with Gasteiger partial charge in [-0.25, -0.2) is 0 Å². The Morgan fingerprint density at radius 1 is 0.967 bits per heavy atom. The monoisotopic (exact) mass is 436 g/mol. The largest absolute Gasteiger partial charge is 0.392 e. The third-order valence-electron chi connectivity index (χ3n) is 9.62.